The van der Waals surface area contributed by atoms with E-state index in [4.69, 9.17) is 14.2 Å². The average Bonchev–Trinajstić information content (AvgIpc) is 2.82. The first-order valence-electron chi connectivity index (χ1n) is 28.9. The van der Waals surface area contributed by atoms with E-state index in [0.717, 1.165) is 19.3 Å². The molecule has 8 atom stereocenters. The van der Waals surface area contributed by atoms with Crippen molar-refractivity contribution in [3.05, 3.63) is 89.5 Å². The van der Waals surface area contributed by atoms with Gasteiger partial charge < -0.3 is 85.5 Å². The van der Waals surface area contributed by atoms with Gasteiger partial charge in [0.15, 0.2) is 11.5 Å². The van der Waals surface area contributed by atoms with Crippen molar-refractivity contribution in [2.24, 2.45) is 25.0 Å². The maximum Gasteiger partial charge on any atom is 0.272 e. The Bertz CT molecular complexity index is 3280. The lowest BCUT2D eigenvalue weighted by molar-refractivity contribution is -0.277. The molecule has 2 saturated heterocycles. The van der Waals surface area contributed by atoms with E-state index in [-0.39, 0.29) is 90.5 Å². The molecular formula is C60H75N11O16. The molecule has 2 aromatic carbocycles. The lowest BCUT2D eigenvalue weighted by Gasteiger charge is -2.39. The number of piperidine rings is 1. The number of aryl methyl sites for hydroxylation is 2. The molecule has 6 heterocycles. The Morgan fingerprint density at radius 1 is 0.747 bits per heavy atom. The van der Waals surface area contributed by atoms with Crippen LogP contribution in [0.5, 0.6) is 11.5 Å². The lowest BCUT2D eigenvalue weighted by atomic mass is 9.99. The Labute approximate surface area is 501 Å². The molecule has 8 rings (SSSR count). The summed E-state index contributed by atoms with van der Waals surface area (Å²) in [6.45, 7) is 5.63. The Morgan fingerprint density at radius 2 is 1.40 bits per heavy atom. The summed E-state index contributed by atoms with van der Waals surface area (Å²) in [7, 11) is 3.25. The number of fused-ring (bicyclic) bond motifs is 2. The number of aliphatic hydroxyl groups is 4. The van der Waals surface area contributed by atoms with Crippen molar-refractivity contribution in [2.75, 3.05) is 54.1 Å². The highest BCUT2D eigenvalue weighted by Crippen LogP contribution is 2.40. The number of hydrogen-bond acceptors (Lipinski definition) is 17. The number of nitrogens with one attached hydrogen (secondary N) is 6. The molecule has 8 amide bonds. The first-order chi connectivity index (χ1) is 41.6. The standard InChI is InChI=1S/C60H75N11O16/c1-33(2)51(67-49(75)13-7-6-9-19-70-28-35(31-72)22-50(70)76)58(83)62-34(3)55(80)64-36-15-17-37(18-16-36)65-56(81)44-24-39(30-69(44)5)66-57(82)43-23-38(29-68(43)4)63-48(74)14-11-21-85-45-26-42-41(59(84)71-20-10-8-12-40(71)27-61-42)25-46(45)86-60-54(79)53(78)52(77)47(32-73)87-60/h15-18,22-27,29-31,33-34,40,47,51-54,60,73,77-79H,6-14,19-21,28,32H2,1-5H3,(H,62,83)(H,63,74)(H,64,80)(H,65,81)(H,66,82)(H,67,75)/t34-,40-,47+,51-,52-,53-,54+,60+/m0/s1. The highest BCUT2D eigenvalue weighted by molar-refractivity contribution is 6.08. The summed E-state index contributed by atoms with van der Waals surface area (Å²) in [6, 6.07) is 10.1. The first kappa shape index (κ1) is 64.2. The molecule has 0 bridgehead atoms. The van der Waals surface area contributed by atoms with E-state index in [1.54, 1.807) is 80.6 Å². The zero-order valence-corrected chi connectivity index (χ0v) is 49.0. The number of ether oxygens (including phenoxy) is 3. The number of rotatable bonds is 26. The second kappa shape index (κ2) is 29.1. The van der Waals surface area contributed by atoms with Gasteiger partial charge in [-0.3, -0.25) is 48.1 Å². The Morgan fingerprint density at radius 3 is 2.06 bits per heavy atom. The summed E-state index contributed by atoms with van der Waals surface area (Å²) in [6.07, 6.45) is 3.56. The van der Waals surface area contributed by atoms with E-state index in [1.807, 2.05) is 0 Å². The largest absolute Gasteiger partial charge is 0.490 e. The van der Waals surface area contributed by atoms with Crippen LogP contribution in [-0.4, -0.2) is 181 Å². The molecule has 0 aliphatic carbocycles. The van der Waals surface area contributed by atoms with Crippen molar-refractivity contribution in [1.29, 1.82) is 0 Å². The average molecular weight is 1210 g/mol. The Balaban J connectivity index is 0.777. The van der Waals surface area contributed by atoms with Crippen LogP contribution < -0.4 is 41.4 Å². The van der Waals surface area contributed by atoms with Crippen LogP contribution in [-0.2, 0) is 47.6 Å². The van der Waals surface area contributed by atoms with Gasteiger partial charge in [-0.05, 0) is 93.8 Å². The van der Waals surface area contributed by atoms with E-state index < -0.39 is 78.9 Å². The fourth-order valence-electron chi connectivity index (χ4n) is 10.4. The number of nitrogens with zero attached hydrogens (tertiary/aromatic N) is 5. The molecule has 0 unspecified atom stereocenters. The van der Waals surface area contributed by atoms with Gasteiger partial charge in [-0.25, -0.2) is 0 Å². The molecule has 0 spiro atoms. The van der Waals surface area contributed by atoms with Gasteiger partial charge >= 0.3 is 0 Å². The van der Waals surface area contributed by atoms with Crippen molar-refractivity contribution in [3.63, 3.8) is 0 Å². The number of benzene rings is 2. The molecule has 4 aliphatic rings. The van der Waals surface area contributed by atoms with Crippen LogP contribution in [0.4, 0.5) is 28.4 Å². The number of aliphatic imine (C=N–C) groups is 1. The van der Waals surface area contributed by atoms with Crippen molar-refractivity contribution < 1.29 is 77.8 Å². The third kappa shape index (κ3) is 16.2. The van der Waals surface area contributed by atoms with Crippen molar-refractivity contribution in [2.45, 2.75) is 127 Å². The SMILES string of the molecule is CC(C)[C@H](NC(=O)CCCCCN1CC(C=O)=CC1=O)C(=O)N[C@@H](C)C(=O)Nc1ccc(NC(=O)c2cc(NC(=O)c3cc(NC(=O)CCCOc4cc5c(cc4O[C@@H]4O[C@H](CO)[C@H](O)[C@H](O)[C@H]4O)C(=O)N4CCCC[C@H]4C=N5)cn3C)cn2C)cc1. The number of anilines is 4. The fourth-order valence-corrected chi connectivity index (χ4v) is 10.4. The van der Waals surface area contributed by atoms with Crippen LogP contribution in [0.1, 0.15) is 110 Å². The van der Waals surface area contributed by atoms with Gasteiger partial charge in [-0.15, -0.1) is 0 Å². The molecule has 87 heavy (non-hydrogen) atoms. The van der Waals surface area contributed by atoms with Crippen LogP contribution in [0.3, 0.4) is 0 Å². The Kier molecular flexibility index (Phi) is 21.5. The van der Waals surface area contributed by atoms with Crippen molar-refractivity contribution >= 4 is 88.2 Å². The monoisotopic (exact) mass is 1210 g/mol. The molecular weight excluding hydrogens is 1130 g/mol. The molecule has 27 nitrogen and oxygen atoms in total. The molecule has 466 valence electrons. The van der Waals surface area contributed by atoms with Gasteiger partial charge in [0.25, 0.3) is 17.7 Å². The minimum absolute atomic E-state index is 0.0291. The first-order valence-corrected chi connectivity index (χ1v) is 28.9. The predicted octanol–water partition coefficient (Wildman–Crippen LogP) is 2.67. The topological polar surface area (TPSA) is 363 Å². The summed E-state index contributed by atoms with van der Waals surface area (Å²) in [5, 5.41) is 57.8. The zero-order chi connectivity index (χ0) is 62.6. The van der Waals surface area contributed by atoms with Gasteiger partial charge in [-0.1, -0.05) is 20.3 Å². The van der Waals surface area contributed by atoms with E-state index in [0.29, 0.717) is 72.6 Å². The summed E-state index contributed by atoms with van der Waals surface area (Å²) in [5.74, 6) is -3.55. The highest BCUT2D eigenvalue weighted by Gasteiger charge is 2.45. The van der Waals surface area contributed by atoms with E-state index in [1.165, 1.54) is 46.4 Å². The van der Waals surface area contributed by atoms with Crippen LogP contribution in [0.2, 0.25) is 0 Å². The number of unbranched alkanes of at least 4 members (excludes halogenated alkanes) is 2. The Hall–Kier alpha value is -8.76. The van der Waals surface area contributed by atoms with Crippen LogP contribution in [0.25, 0.3) is 0 Å². The number of carbonyl (C=O) groups is 9. The number of hydrogen-bond donors (Lipinski definition) is 10. The van der Waals surface area contributed by atoms with Gasteiger partial charge in [0.05, 0.1) is 41.9 Å². The molecule has 0 saturated carbocycles. The third-order valence-corrected chi connectivity index (χ3v) is 15.3. The zero-order valence-electron chi connectivity index (χ0n) is 49.0. The molecule has 2 aromatic heterocycles. The molecule has 27 heteroatoms. The second-order valence-corrected chi connectivity index (χ2v) is 22.3. The normalized spacial score (nSPS) is 20.5. The maximum absolute atomic E-state index is 13.8. The molecule has 4 aliphatic heterocycles. The van der Waals surface area contributed by atoms with Gasteiger partial charge in [-0.2, -0.15) is 0 Å². The quantitative estimate of drug-likeness (QED) is 0.0319. The van der Waals surface area contributed by atoms with E-state index in [9.17, 15) is 63.6 Å². The molecule has 10 N–H and O–H groups in total. The minimum Gasteiger partial charge on any atom is -0.490 e. The predicted molar refractivity (Wildman–Crippen MR) is 316 cm³/mol. The highest BCUT2D eigenvalue weighted by atomic mass is 16.7. The lowest BCUT2D eigenvalue weighted by Crippen LogP contribution is -2.60. The number of carbonyl (C=O) groups excluding carboxylic acids is 9. The molecule has 4 aromatic rings. The third-order valence-electron chi connectivity index (χ3n) is 15.3. The van der Waals surface area contributed by atoms with Gasteiger partial charge in [0.2, 0.25) is 35.8 Å². The van der Waals surface area contributed by atoms with Crippen molar-refractivity contribution in [1.82, 2.24) is 29.6 Å². The summed E-state index contributed by atoms with van der Waals surface area (Å²) < 4.78 is 20.7. The minimum atomic E-state index is -1.74. The van der Waals surface area contributed by atoms with Gasteiger partial charge in [0, 0.05) is 94.3 Å². The summed E-state index contributed by atoms with van der Waals surface area (Å²) in [4.78, 5) is 124. The maximum atomic E-state index is 13.8. The number of aliphatic hydroxyl groups excluding tert-OH is 4. The second-order valence-electron chi connectivity index (χ2n) is 22.3. The number of amides is 8. The van der Waals surface area contributed by atoms with Crippen LogP contribution in [0.15, 0.2) is 77.6 Å². The van der Waals surface area contributed by atoms with Gasteiger partial charge in [0.1, 0.15) is 54.2 Å². The number of aldehydes is 1. The molecule has 0 radical (unpaired) electrons. The smallest absolute Gasteiger partial charge is 0.272 e. The number of aromatic nitrogens is 2. The van der Waals surface area contributed by atoms with Crippen molar-refractivity contribution in [3.8, 4) is 11.5 Å². The van der Waals surface area contributed by atoms with E-state index >= 15 is 0 Å². The summed E-state index contributed by atoms with van der Waals surface area (Å²) >= 11 is 0. The molecule has 2 fully saturated rings. The van der Waals surface area contributed by atoms with Crippen LogP contribution >= 0.6 is 0 Å². The fraction of sp³-hybridized carbons (Fsp3) is 0.467. The summed E-state index contributed by atoms with van der Waals surface area (Å²) in [5.41, 5.74) is 2.74. The van der Waals surface area contributed by atoms with Crippen LogP contribution in [0, 0.1) is 5.92 Å². The van der Waals surface area contributed by atoms with E-state index in [2.05, 4.69) is 36.9 Å².